The molecule has 0 radical (unpaired) electrons. The molecule has 2 N–H and O–H groups in total. The van der Waals surface area contributed by atoms with Crippen LogP contribution in [0.2, 0.25) is 0 Å². The van der Waals surface area contributed by atoms with Crippen LogP contribution in [0.5, 0.6) is 0 Å². The second-order valence-electron chi connectivity index (χ2n) is 5.68. The van der Waals surface area contributed by atoms with Crippen molar-refractivity contribution in [3.8, 4) is 0 Å². The van der Waals surface area contributed by atoms with Crippen molar-refractivity contribution < 1.29 is 4.39 Å². The maximum absolute atomic E-state index is 13.6. The third-order valence-corrected chi connectivity index (χ3v) is 5.13. The number of rotatable bonds is 2. The summed E-state index contributed by atoms with van der Waals surface area (Å²) < 4.78 is 16.1. The van der Waals surface area contributed by atoms with Crippen LogP contribution in [0.3, 0.4) is 0 Å². The maximum Gasteiger partial charge on any atom is 0.201 e. The summed E-state index contributed by atoms with van der Waals surface area (Å²) in [6.07, 6.45) is 5.99. The Balaban J connectivity index is 1.99. The molecule has 0 bridgehead atoms. The molecular formula is C15H19BrFN3. The molecule has 0 unspecified atom stereocenters. The number of aromatic nitrogens is 2. The lowest BCUT2D eigenvalue weighted by Gasteiger charge is -2.29. The Morgan fingerprint density at radius 2 is 2.05 bits per heavy atom. The fraction of sp³-hybridized carbons (Fsp3) is 0.533. The van der Waals surface area contributed by atoms with Crippen LogP contribution in [0.15, 0.2) is 16.6 Å². The van der Waals surface area contributed by atoms with Gasteiger partial charge in [0.25, 0.3) is 0 Å². The minimum Gasteiger partial charge on any atom is -0.369 e. The maximum atomic E-state index is 13.6. The number of nitrogens with zero attached hydrogens (tertiary/aromatic N) is 2. The van der Waals surface area contributed by atoms with Gasteiger partial charge in [-0.25, -0.2) is 9.37 Å². The van der Waals surface area contributed by atoms with Gasteiger partial charge in [-0.1, -0.05) is 13.3 Å². The lowest BCUT2D eigenvalue weighted by atomic mass is 9.84. The van der Waals surface area contributed by atoms with E-state index in [4.69, 9.17) is 5.73 Å². The number of hydrogen-bond acceptors (Lipinski definition) is 2. The molecule has 1 heterocycles. The summed E-state index contributed by atoms with van der Waals surface area (Å²) in [6.45, 7) is 2.26. The van der Waals surface area contributed by atoms with Crippen LogP contribution in [0.4, 0.5) is 10.3 Å². The molecule has 20 heavy (non-hydrogen) atoms. The molecule has 5 heteroatoms. The minimum atomic E-state index is -0.295. The van der Waals surface area contributed by atoms with Crippen LogP contribution < -0.4 is 5.73 Å². The Morgan fingerprint density at radius 3 is 2.70 bits per heavy atom. The van der Waals surface area contributed by atoms with E-state index in [9.17, 15) is 4.39 Å². The van der Waals surface area contributed by atoms with Gasteiger partial charge in [0.05, 0.1) is 15.5 Å². The molecule has 0 amide bonds. The van der Waals surface area contributed by atoms with Gasteiger partial charge in [0.15, 0.2) is 0 Å². The number of hydrogen-bond donors (Lipinski definition) is 1. The van der Waals surface area contributed by atoms with Crippen molar-refractivity contribution in [1.29, 1.82) is 0 Å². The van der Waals surface area contributed by atoms with Gasteiger partial charge in [0.1, 0.15) is 5.82 Å². The standard InChI is InChI=1S/C15H19BrFN3/c1-2-9-3-5-10(6-4-9)20-14-7-11(16)12(17)8-13(14)19-15(20)18/h7-10H,2-6H2,1H3,(H2,18,19). The molecule has 3 nitrogen and oxygen atoms in total. The van der Waals surface area contributed by atoms with E-state index in [1.54, 1.807) is 6.07 Å². The Hall–Kier alpha value is -1.10. The molecule has 0 spiro atoms. The second kappa shape index (κ2) is 5.35. The van der Waals surface area contributed by atoms with E-state index in [1.165, 1.54) is 25.3 Å². The second-order valence-corrected chi connectivity index (χ2v) is 6.53. The molecule has 3 rings (SSSR count). The number of anilines is 1. The Kier molecular flexibility index (Phi) is 3.71. The molecular weight excluding hydrogens is 321 g/mol. The van der Waals surface area contributed by atoms with Crippen molar-refractivity contribution in [2.45, 2.75) is 45.1 Å². The topological polar surface area (TPSA) is 43.8 Å². The SMILES string of the molecule is CCC1CCC(n2c(N)nc3cc(F)c(Br)cc32)CC1. The van der Waals surface area contributed by atoms with Crippen molar-refractivity contribution in [2.24, 2.45) is 5.92 Å². The number of nitrogen functional groups attached to an aromatic ring is 1. The van der Waals surface area contributed by atoms with Crippen LogP contribution in [0.1, 0.15) is 45.1 Å². The van der Waals surface area contributed by atoms with Crippen LogP contribution >= 0.6 is 15.9 Å². The van der Waals surface area contributed by atoms with E-state index >= 15 is 0 Å². The summed E-state index contributed by atoms with van der Waals surface area (Å²) in [5.74, 6) is 1.04. The molecule has 1 aliphatic carbocycles. The highest BCUT2D eigenvalue weighted by atomic mass is 79.9. The third kappa shape index (κ3) is 2.32. The van der Waals surface area contributed by atoms with E-state index in [1.807, 2.05) is 0 Å². The van der Waals surface area contributed by atoms with Crippen LogP contribution in [0.25, 0.3) is 11.0 Å². The van der Waals surface area contributed by atoms with Gasteiger partial charge < -0.3 is 10.3 Å². The summed E-state index contributed by atoms with van der Waals surface area (Å²) >= 11 is 3.25. The quantitative estimate of drug-likeness (QED) is 0.864. The highest BCUT2D eigenvalue weighted by molar-refractivity contribution is 9.10. The first-order valence-corrected chi connectivity index (χ1v) is 8.02. The van der Waals surface area contributed by atoms with E-state index < -0.39 is 0 Å². The predicted octanol–water partition coefficient (Wildman–Crippen LogP) is 4.66. The monoisotopic (exact) mass is 339 g/mol. The van der Waals surface area contributed by atoms with Crippen LogP contribution in [-0.4, -0.2) is 9.55 Å². The highest BCUT2D eigenvalue weighted by Gasteiger charge is 2.24. The van der Waals surface area contributed by atoms with E-state index in [-0.39, 0.29) is 5.82 Å². The van der Waals surface area contributed by atoms with Crippen LogP contribution in [0, 0.1) is 11.7 Å². The summed E-state index contributed by atoms with van der Waals surface area (Å²) in [6, 6.07) is 3.63. The smallest absolute Gasteiger partial charge is 0.201 e. The molecule has 1 aliphatic rings. The van der Waals surface area contributed by atoms with Crippen molar-refractivity contribution in [1.82, 2.24) is 9.55 Å². The van der Waals surface area contributed by atoms with Gasteiger partial charge in [0.2, 0.25) is 5.95 Å². The van der Waals surface area contributed by atoms with Crippen molar-refractivity contribution in [3.05, 3.63) is 22.4 Å². The first-order chi connectivity index (χ1) is 9.60. The van der Waals surface area contributed by atoms with E-state index in [0.717, 1.165) is 24.3 Å². The largest absolute Gasteiger partial charge is 0.369 e. The molecule has 1 saturated carbocycles. The summed E-state index contributed by atoms with van der Waals surface area (Å²) in [7, 11) is 0. The average Bonchev–Trinajstić information content (AvgIpc) is 2.75. The average molecular weight is 340 g/mol. The highest BCUT2D eigenvalue weighted by Crippen LogP contribution is 2.37. The summed E-state index contributed by atoms with van der Waals surface area (Å²) in [4.78, 5) is 4.31. The minimum absolute atomic E-state index is 0.295. The lowest BCUT2D eigenvalue weighted by Crippen LogP contribution is -2.19. The van der Waals surface area contributed by atoms with Gasteiger partial charge in [-0.2, -0.15) is 0 Å². The predicted molar refractivity (Wildman–Crippen MR) is 83.1 cm³/mol. The van der Waals surface area contributed by atoms with E-state index in [2.05, 4.69) is 32.4 Å². The number of benzene rings is 1. The fourth-order valence-corrected chi connectivity index (χ4v) is 3.64. The van der Waals surface area contributed by atoms with Crippen LogP contribution in [-0.2, 0) is 0 Å². The molecule has 1 fully saturated rings. The van der Waals surface area contributed by atoms with Gasteiger partial charge >= 0.3 is 0 Å². The molecule has 0 aliphatic heterocycles. The van der Waals surface area contributed by atoms with Crippen molar-refractivity contribution in [3.63, 3.8) is 0 Å². The fourth-order valence-electron chi connectivity index (χ4n) is 3.30. The number of nitrogens with two attached hydrogens (primary N) is 1. The number of fused-ring (bicyclic) bond motifs is 1. The Labute approximate surface area is 126 Å². The molecule has 1 aromatic heterocycles. The van der Waals surface area contributed by atoms with Gasteiger partial charge in [-0.05, 0) is 53.6 Å². The zero-order valence-corrected chi connectivity index (χ0v) is 13.2. The van der Waals surface area contributed by atoms with Gasteiger partial charge in [-0.3, -0.25) is 0 Å². The normalized spacial score (nSPS) is 23.4. The number of halogens is 2. The Morgan fingerprint density at radius 1 is 1.35 bits per heavy atom. The zero-order chi connectivity index (χ0) is 14.3. The summed E-state index contributed by atoms with van der Waals surface area (Å²) in [5.41, 5.74) is 7.63. The lowest BCUT2D eigenvalue weighted by molar-refractivity contribution is 0.275. The first kappa shape index (κ1) is 13.9. The molecule has 2 aromatic rings. The molecule has 1 aromatic carbocycles. The van der Waals surface area contributed by atoms with E-state index in [0.29, 0.717) is 22.0 Å². The summed E-state index contributed by atoms with van der Waals surface area (Å²) in [5, 5.41) is 0. The van der Waals surface area contributed by atoms with Crippen molar-refractivity contribution >= 4 is 32.9 Å². The first-order valence-electron chi connectivity index (χ1n) is 7.22. The number of imidazole rings is 1. The van der Waals surface area contributed by atoms with Gasteiger partial charge in [-0.15, -0.1) is 0 Å². The van der Waals surface area contributed by atoms with Crippen molar-refractivity contribution in [2.75, 3.05) is 5.73 Å². The Bertz CT molecular complexity index is 630. The van der Waals surface area contributed by atoms with Gasteiger partial charge in [0, 0.05) is 12.1 Å². The third-order valence-electron chi connectivity index (χ3n) is 4.52. The molecule has 0 saturated heterocycles. The molecule has 0 atom stereocenters. The zero-order valence-electron chi connectivity index (χ0n) is 11.6. The molecule has 108 valence electrons.